The van der Waals surface area contributed by atoms with Crippen LogP contribution in [0.15, 0.2) is 18.2 Å². The predicted octanol–water partition coefficient (Wildman–Crippen LogP) is 2.24. The number of benzene rings is 1. The van der Waals surface area contributed by atoms with Gasteiger partial charge >= 0.3 is 0 Å². The van der Waals surface area contributed by atoms with Crippen LogP contribution in [0.2, 0.25) is 0 Å². The van der Waals surface area contributed by atoms with E-state index in [2.05, 4.69) is 5.32 Å². The van der Waals surface area contributed by atoms with Crippen molar-refractivity contribution in [2.75, 3.05) is 26.7 Å². The van der Waals surface area contributed by atoms with Crippen LogP contribution in [0.3, 0.4) is 0 Å². The lowest BCUT2D eigenvalue weighted by atomic mass is 10.1. The van der Waals surface area contributed by atoms with Crippen molar-refractivity contribution in [3.05, 3.63) is 35.1 Å². The zero-order valence-corrected chi connectivity index (χ0v) is 12.1. The molecule has 1 N–H and O–H groups in total. The molecule has 0 bridgehead atoms. The lowest BCUT2D eigenvalue weighted by molar-refractivity contribution is 0.0787. The molecule has 1 amide bonds. The average molecular weight is 287 g/mol. The SMILES string of the molecule is CNCC1CCN(C(=O)c2ccc(F)c(C)c2)C1.Cl. The molecule has 0 aliphatic carbocycles. The fraction of sp³-hybridized carbons (Fsp3) is 0.500. The lowest BCUT2D eigenvalue weighted by Crippen LogP contribution is -2.30. The van der Waals surface area contributed by atoms with Gasteiger partial charge in [-0.15, -0.1) is 12.4 Å². The highest BCUT2D eigenvalue weighted by Gasteiger charge is 2.26. The minimum Gasteiger partial charge on any atom is -0.338 e. The molecule has 1 fully saturated rings. The Kier molecular flexibility index (Phi) is 5.76. The molecule has 5 heteroatoms. The standard InChI is InChI=1S/C14H19FN2O.ClH/c1-10-7-12(3-4-13(10)15)14(18)17-6-5-11(9-17)8-16-2;/h3-4,7,11,16H,5-6,8-9H2,1-2H3;1H. The highest BCUT2D eigenvalue weighted by atomic mass is 35.5. The van der Waals surface area contributed by atoms with E-state index in [4.69, 9.17) is 0 Å². The van der Waals surface area contributed by atoms with Gasteiger partial charge in [0.25, 0.3) is 5.91 Å². The molecular formula is C14H20ClFN2O. The zero-order chi connectivity index (χ0) is 13.1. The predicted molar refractivity (Wildman–Crippen MR) is 76.3 cm³/mol. The second-order valence-corrected chi connectivity index (χ2v) is 4.93. The molecule has 1 aliphatic heterocycles. The molecule has 106 valence electrons. The summed E-state index contributed by atoms with van der Waals surface area (Å²) in [6.07, 6.45) is 1.03. The number of carbonyl (C=O) groups is 1. The Balaban J connectivity index is 0.00000180. The number of hydrogen-bond donors (Lipinski definition) is 1. The summed E-state index contributed by atoms with van der Waals surface area (Å²) >= 11 is 0. The largest absolute Gasteiger partial charge is 0.338 e. The van der Waals surface area contributed by atoms with Crippen molar-refractivity contribution < 1.29 is 9.18 Å². The van der Waals surface area contributed by atoms with E-state index in [9.17, 15) is 9.18 Å². The zero-order valence-electron chi connectivity index (χ0n) is 11.3. The van der Waals surface area contributed by atoms with Crippen LogP contribution in [0.25, 0.3) is 0 Å². The van der Waals surface area contributed by atoms with Crippen molar-refractivity contribution in [3.63, 3.8) is 0 Å². The molecule has 0 radical (unpaired) electrons. The van der Waals surface area contributed by atoms with E-state index in [0.717, 1.165) is 26.1 Å². The first kappa shape index (κ1) is 15.9. The maximum atomic E-state index is 13.2. The summed E-state index contributed by atoms with van der Waals surface area (Å²) in [6.45, 7) is 4.20. The van der Waals surface area contributed by atoms with E-state index in [1.54, 1.807) is 19.1 Å². The van der Waals surface area contributed by atoms with E-state index in [1.807, 2.05) is 11.9 Å². The lowest BCUT2D eigenvalue weighted by Gasteiger charge is -2.17. The topological polar surface area (TPSA) is 32.3 Å². The summed E-state index contributed by atoms with van der Waals surface area (Å²) in [5.41, 5.74) is 1.10. The van der Waals surface area contributed by atoms with E-state index < -0.39 is 0 Å². The first-order chi connectivity index (χ1) is 8.61. The molecule has 19 heavy (non-hydrogen) atoms. The third-order valence-corrected chi connectivity index (χ3v) is 3.47. The van der Waals surface area contributed by atoms with Crippen LogP contribution >= 0.6 is 12.4 Å². The van der Waals surface area contributed by atoms with E-state index in [-0.39, 0.29) is 24.1 Å². The normalized spacial score (nSPS) is 18.3. The summed E-state index contributed by atoms with van der Waals surface area (Å²) in [7, 11) is 1.92. The second-order valence-electron chi connectivity index (χ2n) is 4.93. The number of rotatable bonds is 3. The molecule has 1 aromatic rings. The summed E-state index contributed by atoms with van der Waals surface area (Å²) in [4.78, 5) is 14.1. The van der Waals surface area contributed by atoms with Gasteiger partial charge in [0.2, 0.25) is 0 Å². The third-order valence-electron chi connectivity index (χ3n) is 3.47. The van der Waals surface area contributed by atoms with Gasteiger partial charge in [0.1, 0.15) is 5.82 Å². The number of nitrogens with zero attached hydrogens (tertiary/aromatic N) is 1. The van der Waals surface area contributed by atoms with Crippen molar-refractivity contribution >= 4 is 18.3 Å². The number of carbonyl (C=O) groups excluding carboxylic acids is 1. The van der Waals surface area contributed by atoms with Crippen molar-refractivity contribution in [2.24, 2.45) is 5.92 Å². The van der Waals surface area contributed by atoms with Crippen LogP contribution in [-0.2, 0) is 0 Å². The second kappa shape index (κ2) is 6.87. The summed E-state index contributed by atoms with van der Waals surface area (Å²) in [5.74, 6) is 0.276. The molecule has 1 aromatic carbocycles. The maximum absolute atomic E-state index is 13.2. The minimum atomic E-state index is -0.263. The van der Waals surface area contributed by atoms with E-state index in [0.29, 0.717) is 17.0 Å². The summed E-state index contributed by atoms with van der Waals surface area (Å²) in [5, 5.41) is 3.14. The molecule has 0 spiro atoms. The fourth-order valence-corrected chi connectivity index (χ4v) is 2.43. The van der Waals surface area contributed by atoms with Crippen molar-refractivity contribution in [1.82, 2.24) is 10.2 Å². The van der Waals surface area contributed by atoms with Crippen LogP contribution in [0.5, 0.6) is 0 Å². The monoisotopic (exact) mass is 286 g/mol. The molecule has 1 saturated heterocycles. The number of nitrogens with one attached hydrogen (secondary N) is 1. The number of amides is 1. The van der Waals surface area contributed by atoms with Crippen LogP contribution in [0.1, 0.15) is 22.3 Å². The number of halogens is 2. The molecule has 0 aromatic heterocycles. The van der Waals surface area contributed by atoms with Gasteiger partial charge in [-0.25, -0.2) is 4.39 Å². The Hall–Kier alpha value is -1.13. The van der Waals surface area contributed by atoms with E-state index >= 15 is 0 Å². The van der Waals surface area contributed by atoms with Gasteiger partial charge in [-0.3, -0.25) is 4.79 Å². The molecule has 3 nitrogen and oxygen atoms in total. The van der Waals surface area contributed by atoms with E-state index in [1.165, 1.54) is 6.07 Å². The number of likely N-dealkylation sites (tertiary alicyclic amines) is 1. The highest BCUT2D eigenvalue weighted by molar-refractivity contribution is 5.94. The van der Waals surface area contributed by atoms with Gasteiger partial charge in [-0.05, 0) is 56.6 Å². The van der Waals surface area contributed by atoms with Gasteiger partial charge in [-0.2, -0.15) is 0 Å². The molecular weight excluding hydrogens is 267 g/mol. The van der Waals surface area contributed by atoms with Crippen molar-refractivity contribution in [3.8, 4) is 0 Å². The van der Waals surface area contributed by atoms with Gasteiger partial charge in [0.15, 0.2) is 0 Å². The number of aryl methyl sites for hydroxylation is 1. The molecule has 1 unspecified atom stereocenters. The van der Waals surface area contributed by atoms with Crippen LogP contribution < -0.4 is 5.32 Å². The Bertz CT molecular complexity index is 453. The Morgan fingerprint density at radius 2 is 2.26 bits per heavy atom. The Morgan fingerprint density at radius 3 is 2.89 bits per heavy atom. The van der Waals surface area contributed by atoms with Gasteiger partial charge < -0.3 is 10.2 Å². The summed E-state index contributed by atoms with van der Waals surface area (Å²) in [6, 6.07) is 4.56. The average Bonchev–Trinajstić information content (AvgIpc) is 2.81. The fourth-order valence-electron chi connectivity index (χ4n) is 2.43. The molecule has 1 atom stereocenters. The molecule has 0 saturated carbocycles. The van der Waals surface area contributed by atoms with Crippen LogP contribution in [0, 0.1) is 18.7 Å². The van der Waals surface area contributed by atoms with Gasteiger partial charge in [-0.1, -0.05) is 0 Å². The first-order valence-electron chi connectivity index (χ1n) is 6.32. The first-order valence-corrected chi connectivity index (χ1v) is 6.32. The molecule has 2 rings (SSSR count). The smallest absolute Gasteiger partial charge is 0.253 e. The Labute approximate surface area is 119 Å². The van der Waals surface area contributed by atoms with Crippen LogP contribution in [0.4, 0.5) is 4.39 Å². The Morgan fingerprint density at radius 1 is 1.53 bits per heavy atom. The number of hydrogen-bond acceptors (Lipinski definition) is 2. The van der Waals surface area contributed by atoms with Gasteiger partial charge in [0.05, 0.1) is 0 Å². The summed E-state index contributed by atoms with van der Waals surface area (Å²) < 4.78 is 13.2. The minimum absolute atomic E-state index is 0. The molecule has 1 aliphatic rings. The molecule has 1 heterocycles. The van der Waals surface area contributed by atoms with Crippen molar-refractivity contribution in [2.45, 2.75) is 13.3 Å². The highest BCUT2D eigenvalue weighted by Crippen LogP contribution is 2.19. The maximum Gasteiger partial charge on any atom is 0.253 e. The quantitative estimate of drug-likeness (QED) is 0.924. The third kappa shape index (κ3) is 3.67. The van der Waals surface area contributed by atoms with Crippen LogP contribution in [-0.4, -0.2) is 37.5 Å². The van der Waals surface area contributed by atoms with Crippen molar-refractivity contribution in [1.29, 1.82) is 0 Å². The van der Waals surface area contributed by atoms with Gasteiger partial charge in [0, 0.05) is 18.7 Å².